The van der Waals surface area contributed by atoms with Crippen molar-refractivity contribution in [2.24, 2.45) is 10.8 Å². The van der Waals surface area contributed by atoms with Gasteiger partial charge in [0.15, 0.2) is 0 Å². The van der Waals surface area contributed by atoms with Crippen molar-refractivity contribution in [3.05, 3.63) is 37.5 Å². The van der Waals surface area contributed by atoms with Crippen LogP contribution >= 0.6 is 0 Å². The van der Waals surface area contributed by atoms with Crippen molar-refractivity contribution in [1.29, 1.82) is 0 Å². The van der Waals surface area contributed by atoms with Gasteiger partial charge in [-0.3, -0.25) is 4.79 Å². The highest BCUT2D eigenvalue weighted by molar-refractivity contribution is 5.81. The van der Waals surface area contributed by atoms with Gasteiger partial charge >= 0.3 is 11.9 Å². The first-order valence-corrected chi connectivity index (χ1v) is 9.13. The van der Waals surface area contributed by atoms with E-state index < -0.39 is 0 Å². The third-order valence-corrected chi connectivity index (χ3v) is 3.55. The second-order valence-electron chi connectivity index (χ2n) is 7.30. The Morgan fingerprint density at radius 3 is 1.96 bits per heavy atom. The van der Waals surface area contributed by atoms with Crippen LogP contribution in [0.1, 0.15) is 60.3 Å². The summed E-state index contributed by atoms with van der Waals surface area (Å²) in [4.78, 5) is 21.8. The van der Waals surface area contributed by atoms with Crippen molar-refractivity contribution < 1.29 is 24.2 Å². The third kappa shape index (κ3) is 22.1. The van der Waals surface area contributed by atoms with Crippen LogP contribution in [0.3, 0.4) is 0 Å². The molecular formula is C22H40O5. The van der Waals surface area contributed by atoms with Gasteiger partial charge in [-0.05, 0) is 37.0 Å². The molecule has 5 nitrogen and oxygen atoms in total. The van der Waals surface area contributed by atoms with Crippen LogP contribution in [0.2, 0.25) is 0 Å². The molecule has 5 heteroatoms. The molecule has 0 aliphatic rings. The van der Waals surface area contributed by atoms with Crippen molar-refractivity contribution in [1.82, 2.24) is 0 Å². The molecule has 0 aliphatic heterocycles. The van der Waals surface area contributed by atoms with Crippen molar-refractivity contribution in [2.75, 3.05) is 20.8 Å². The van der Waals surface area contributed by atoms with E-state index >= 15 is 0 Å². The molecule has 0 saturated heterocycles. The fraction of sp³-hybridized carbons (Fsp3) is 0.636. The highest BCUT2D eigenvalue weighted by Gasteiger charge is 2.17. The van der Waals surface area contributed by atoms with E-state index in [9.17, 15) is 9.59 Å². The lowest BCUT2D eigenvalue weighted by Gasteiger charge is -2.21. The lowest BCUT2D eigenvalue weighted by Crippen LogP contribution is -2.14. The largest absolute Gasteiger partial charge is 0.466 e. The number of hydrogen-bond donors (Lipinski definition) is 1. The number of esters is 2. The zero-order valence-corrected chi connectivity index (χ0v) is 18.3. The Morgan fingerprint density at radius 1 is 1.04 bits per heavy atom. The van der Waals surface area contributed by atoms with Gasteiger partial charge in [0.05, 0.1) is 13.7 Å². The van der Waals surface area contributed by atoms with Gasteiger partial charge in [-0.15, -0.1) is 13.2 Å². The summed E-state index contributed by atoms with van der Waals surface area (Å²) in [5.74, 6) is -0.410. The summed E-state index contributed by atoms with van der Waals surface area (Å²) in [7, 11) is 2.37. The fourth-order valence-electron chi connectivity index (χ4n) is 1.97. The first-order chi connectivity index (χ1) is 12.5. The average molecular weight is 385 g/mol. The van der Waals surface area contributed by atoms with Gasteiger partial charge in [-0.1, -0.05) is 45.9 Å². The molecule has 0 bridgehead atoms. The molecule has 0 aromatic heterocycles. The SMILES string of the molecule is C=CCC(C)(C)/C=C/C(=O)OC.C=CCC(C)(C)CCC(=O)OCC.CO. The van der Waals surface area contributed by atoms with Gasteiger partial charge in [-0.2, -0.15) is 0 Å². The van der Waals surface area contributed by atoms with Crippen LogP contribution in [0.15, 0.2) is 37.5 Å². The second-order valence-corrected chi connectivity index (χ2v) is 7.30. The molecule has 0 aliphatic carbocycles. The van der Waals surface area contributed by atoms with Crippen LogP contribution in [0.4, 0.5) is 0 Å². The maximum absolute atomic E-state index is 11.0. The normalized spacial score (nSPS) is 10.7. The van der Waals surface area contributed by atoms with Gasteiger partial charge in [-0.25, -0.2) is 4.79 Å². The van der Waals surface area contributed by atoms with E-state index in [1.54, 1.807) is 0 Å². The third-order valence-electron chi connectivity index (χ3n) is 3.55. The molecule has 158 valence electrons. The summed E-state index contributed by atoms with van der Waals surface area (Å²) in [5, 5.41) is 7.00. The molecule has 0 radical (unpaired) electrons. The molecule has 1 N–H and O–H groups in total. The van der Waals surface area contributed by atoms with Gasteiger partial charge in [0.1, 0.15) is 0 Å². The molecule has 0 unspecified atom stereocenters. The maximum atomic E-state index is 11.0. The quantitative estimate of drug-likeness (QED) is 0.331. The summed E-state index contributed by atoms with van der Waals surface area (Å²) in [6.45, 7) is 18.0. The lowest BCUT2D eigenvalue weighted by molar-refractivity contribution is -0.143. The van der Waals surface area contributed by atoms with Gasteiger partial charge < -0.3 is 14.6 Å². The highest BCUT2D eigenvalue weighted by atomic mass is 16.5. The summed E-state index contributed by atoms with van der Waals surface area (Å²) in [6.07, 6.45) is 10.2. The molecule has 0 rings (SSSR count). The smallest absolute Gasteiger partial charge is 0.330 e. The number of hydrogen-bond acceptors (Lipinski definition) is 5. The average Bonchev–Trinajstić information content (AvgIpc) is 2.60. The monoisotopic (exact) mass is 384 g/mol. The zero-order chi connectivity index (χ0) is 21.9. The van der Waals surface area contributed by atoms with Crippen LogP contribution in [-0.4, -0.2) is 37.9 Å². The molecule has 0 heterocycles. The minimum atomic E-state index is -0.313. The molecule has 0 fully saturated rings. The summed E-state index contributed by atoms with van der Waals surface area (Å²) >= 11 is 0. The Hall–Kier alpha value is -1.88. The molecule has 0 aromatic carbocycles. The fourth-order valence-corrected chi connectivity index (χ4v) is 1.97. The molecule has 0 spiro atoms. The lowest BCUT2D eigenvalue weighted by atomic mass is 9.84. The van der Waals surface area contributed by atoms with Crippen LogP contribution in [-0.2, 0) is 19.1 Å². The van der Waals surface area contributed by atoms with Gasteiger partial charge in [0.25, 0.3) is 0 Å². The Kier molecular flexibility index (Phi) is 19.4. The van der Waals surface area contributed by atoms with Crippen molar-refractivity contribution >= 4 is 11.9 Å². The number of carbonyl (C=O) groups is 2. The van der Waals surface area contributed by atoms with E-state index in [0.717, 1.165) is 26.4 Å². The first kappa shape index (κ1) is 29.9. The van der Waals surface area contributed by atoms with Gasteiger partial charge in [0, 0.05) is 19.6 Å². The minimum Gasteiger partial charge on any atom is -0.466 e. The van der Waals surface area contributed by atoms with E-state index in [1.807, 2.05) is 39.0 Å². The number of methoxy groups -OCH3 is 1. The number of rotatable bonds is 10. The van der Waals surface area contributed by atoms with E-state index in [4.69, 9.17) is 9.84 Å². The van der Waals surface area contributed by atoms with E-state index in [1.165, 1.54) is 13.2 Å². The molecule has 27 heavy (non-hydrogen) atoms. The Labute approximate surface area is 166 Å². The molecule has 0 saturated carbocycles. The van der Waals surface area contributed by atoms with Crippen molar-refractivity contribution in [3.63, 3.8) is 0 Å². The van der Waals surface area contributed by atoms with Crippen molar-refractivity contribution in [2.45, 2.75) is 60.3 Å². The molecular weight excluding hydrogens is 344 g/mol. The predicted octanol–water partition coefficient (Wildman–Crippen LogP) is 4.86. The number of aliphatic hydroxyl groups excluding tert-OH is 1. The van der Waals surface area contributed by atoms with Crippen LogP contribution < -0.4 is 0 Å². The number of aliphatic hydroxyl groups is 1. The minimum absolute atomic E-state index is 0.0179. The molecule has 0 aromatic rings. The van der Waals surface area contributed by atoms with E-state index in [0.29, 0.717) is 13.0 Å². The predicted molar refractivity (Wildman–Crippen MR) is 112 cm³/mol. The highest BCUT2D eigenvalue weighted by Crippen LogP contribution is 2.27. The zero-order valence-electron chi connectivity index (χ0n) is 18.3. The number of ether oxygens (including phenoxy) is 2. The first-order valence-electron chi connectivity index (χ1n) is 9.13. The number of allylic oxidation sites excluding steroid dienone is 3. The van der Waals surface area contributed by atoms with E-state index in [2.05, 4.69) is 31.7 Å². The maximum Gasteiger partial charge on any atom is 0.330 e. The summed E-state index contributed by atoms with van der Waals surface area (Å²) in [5.41, 5.74) is 0.143. The summed E-state index contributed by atoms with van der Waals surface area (Å²) < 4.78 is 9.32. The number of carbonyl (C=O) groups excluding carboxylic acids is 2. The standard InChI is InChI=1S/C11H20O2.C10H16O2.CH4O/c1-5-8-11(3,4)9-7-10(12)13-6-2;1-5-7-10(2,3)8-6-9(11)12-4;1-2/h5H,1,6-9H2,2-4H3;5-6,8H,1,7H2,2-4H3;2H,1H3/b;8-6+;. The van der Waals surface area contributed by atoms with Crippen LogP contribution in [0.25, 0.3) is 0 Å². The molecule has 0 atom stereocenters. The Balaban J connectivity index is -0.000000391. The molecule has 0 amide bonds. The topological polar surface area (TPSA) is 72.8 Å². The van der Waals surface area contributed by atoms with Crippen LogP contribution in [0.5, 0.6) is 0 Å². The van der Waals surface area contributed by atoms with Gasteiger partial charge in [0.2, 0.25) is 0 Å². The van der Waals surface area contributed by atoms with E-state index in [-0.39, 0.29) is 22.8 Å². The Bertz CT molecular complexity index is 448. The van der Waals surface area contributed by atoms with Crippen LogP contribution in [0, 0.1) is 10.8 Å². The second kappa shape index (κ2) is 17.5. The van der Waals surface area contributed by atoms with Crippen molar-refractivity contribution in [3.8, 4) is 0 Å². The summed E-state index contributed by atoms with van der Waals surface area (Å²) in [6, 6.07) is 0. The Morgan fingerprint density at radius 2 is 1.56 bits per heavy atom.